The molecule has 0 aromatic heterocycles. The number of carbonyl (C=O) groups excluding carboxylic acids is 2. The smallest absolute Gasteiger partial charge is 0.282 e. The number of rotatable bonds is 6. The van der Waals surface area contributed by atoms with Gasteiger partial charge in [0.1, 0.15) is 17.2 Å². The molecule has 0 spiro atoms. The Kier molecular flexibility index (Phi) is 5.69. The van der Waals surface area contributed by atoms with Crippen molar-refractivity contribution < 1.29 is 19.1 Å². The SMILES string of the molecule is COc1cc(OC)cc(N2C(=O)C(Nc3ccccc3C)=C(c3ccc(C)cc3)C2=O)c1. The third kappa shape index (κ3) is 3.83. The zero-order valence-electron chi connectivity index (χ0n) is 18.4. The van der Waals surface area contributed by atoms with Gasteiger partial charge in [-0.3, -0.25) is 9.59 Å². The summed E-state index contributed by atoms with van der Waals surface area (Å²) in [4.78, 5) is 28.4. The Balaban J connectivity index is 1.85. The molecule has 0 bridgehead atoms. The van der Waals surface area contributed by atoms with Crippen LogP contribution in [-0.4, -0.2) is 26.0 Å². The summed E-state index contributed by atoms with van der Waals surface area (Å²) in [7, 11) is 3.04. The number of hydrogen-bond donors (Lipinski definition) is 1. The maximum atomic E-state index is 13.6. The van der Waals surface area contributed by atoms with Gasteiger partial charge >= 0.3 is 0 Å². The van der Waals surface area contributed by atoms with Gasteiger partial charge in [0.05, 0.1) is 25.5 Å². The number of carbonyl (C=O) groups is 2. The molecule has 0 atom stereocenters. The van der Waals surface area contributed by atoms with Crippen LogP contribution in [0.2, 0.25) is 0 Å². The number of anilines is 2. The molecule has 0 aliphatic carbocycles. The van der Waals surface area contributed by atoms with E-state index in [4.69, 9.17) is 9.47 Å². The first kappa shape index (κ1) is 21.2. The van der Waals surface area contributed by atoms with Crippen molar-refractivity contribution in [1.82, 2.24) is 0 Å². The van der Waals surface area contributed by atoms with Crippen molar-refractivity contribution in [2.75, 3.05) is 24.4 Å². The standard InChI is InChI=1S/C26H24N2O4/c1-16-9-11-18(12-10-16)23-24(27-22-8-6-5-7-17(22)2)26(30)28(25(23)29)19-13-20(31-3)15-21(14-19)32-4/h5-15,27H,1-4H3. The van der Waals surface area contributed by atoms with Gasteiger partial charge in [0.15, 0.2) is 0 Å². The summed E-state index contributed by atoms with van der Waals surface area (Å²) in [5.74, 6) is 0.115. The van der Waals surface area contributed by atoms with Crippen LogP contribution in [-0.2, 0) is 9.59 Å². The van der Waals surface area contributed by atoms with E-state index in [2.05, 4.69) is 5.32 Å². The van der Waals surface area contributed by atoms with Gasteiger partial charge in [-0.25, -0.2) is 4.90 Å². The predicted molar refractivity (Wildman–Crippen MR) is 125 cm³/mol. The first-order valence-corrected chi connectivity index (χ1v) is 10.2. The minimum absolute atomic E-state index is 0.231. The molecule has 3 aromatic carbocycles. The van der Waals surface area contributed by atoms with Crippen molar-refractivity contribution in [2.24, 2.45) is 0 Å². The fourth-order valence-electron chi connectivity index (χ4n) is 3.64. The maximum absolute atomic E-state index is 13.6. The average molecular weight is 428 g/mol. The molecular formula is C26H24N2O4. The summed E-state index contributed by atoms with van der Waals surface area (Å²) in [6.45, 7) is 3.92. The van der Waals surface area contributed by atoms with Gasteiger partial charge in [0.25, 0.3) is 11.8 Å². The highest BCUT2D eigenvalue weighted by molar-refractivity contribution is 6.46. The Morgan fingerprint density at radius 2 is 1.41 bits per heavy atom. The van der Waals surface area contributed by atoms with Crippen molar-refractivity contribution in [3.8, 4) is 11.5 Å². The van der Waals surface area contributed by atoms with E-state index < -0.39 is 11.8 Å². The van der Waals surface area contributed by atoms with Gasteiger partial charge in [-0.1, -0.05) is 48.0 Å². The van der Waals surface area contributed by atoms with Crippen molar-refractivity contribution >= 4 is 28.8 Å². The molecule has 0 radical (unpaired) electrons. The highest BCUT2D eigenvalue weighted by atomic mass is 16.5. The van der Waals surface area contributed by atoms with Crippen LogP contribution in [0.25, 0.3) is 5.57 Å². The van der Waals surface area contributed by atoms with Crippen LogP contribution >= 0.6 is 0 Å². The Morgan fingerprint density at radius 3 is 2.00 bits per heavy atom. The van der Waals surface area contributed by atoms with Crippen molar-refractivity contribution in [3.05, 3.63) is 89.1 Å². The molecule has 0 saturated heterocycles. The van der Waals surface area contributed by atoms with Crippen molar-refractivity contribution in [3.63, 3.8) is 0 Å². The maximum Gasteiger partial charge on any atom is 0.282 e. The normalized spacial score (nSPS) is 13.6. The number of methoxy groups -OCH3 is 2. The van der Waals surface area contributed by atoms with E-state index in [1.54, 1.807) is 18.2 Å². The number of para-hydroxylation sites is 1. The van der Waals surface area contributed by atoms with E-state index in [0.717, 1.165) is 21.7 Å². The summed E-state index contributed by atoms with van der Waals surface area (Å²) in [5.41, 5.74) is 4.39. The van der Waals surface area contributed by atoms with E-state index in [1.807, 2.05) is 62.4 Å². The fourth-order valence-corrected chi connectivity index (χ4v) is 3.64. The number of benzene rings is 3. The minimum atomic E-state index is -0.441. The van der Waals surface area contributed by atoms with E-state index >= 15 is 0 Å². The van der Waals surface area contributed by atoms with Gasteiger partial charge in [-0.05, 0) is 31.0 Å². The Bertz CT molecular complexity index is 1210. The van der Waals surface area contributed by atoms with Crippen LogP contribution in [0.5, 0.6) is 11.5 Å². The van der Waals surface area contributed by atoms with Gasteiger partial charge < -0.3 is 14.8 Å². The average Bonchev–Trinajstić information content (AvgIpc) is 3.04. The number of nitrogens with one attached hydrogen (secondary N) is 1. The number of nitrogens with zero attached hydrogens (tertiary/aromatic N) is 1. The highest BCUT2D eigenvalue weighted by Gasteiger charge is 2.40. The zero-order valence-corrected chi connectivity index (χ0v) is 18.4. The lowest BCUT2D eigenvalue weighted by Gasteiger charge is -2.17. The molecule has 1 aliphatic rings. The molecule has 2 amide bonds. The molecule has 0 fully saturated rings. The zero-order chi connectivity index (χ0) is 22.8. The molecule has 1 heterocycles. The van der Waals surface area contributed by atoms with Crippen LogP contribution in [0, 0.1) is 13.8 Å². The van der Waals surface area contributed by atoms with Crippen LogP contribution < -0.4 is 19.7 Å². The lowest BCUT2D eigenvalue weighted by molar-refractivity contribution is -0.120. The van der Waals surface area contributed by atoms with Crippen LogP contribution in [0.3, 0.4) is 0 Å². The van der Waals surface area contributed by atoms with Gasteiger partial charge in [0, 0.05) is 23.9 Å². The van der Waals surface area contributed by atoms with E-state index in [-0.39, 0.29) is 5.70 Å². The largest absolute Gasteiger partial charge is 0.497 e. The Morgan fingerprint density at radius 1 is 0.781 bits per heavy atom. The summed E-state index contributed by atoms with van der Waals surface area (Å²) in [6.07, 6.45) is 0. The summed E-state index contributed by atoms with van der Waals surface area (Å²) in [6, 6.07) is 20.1. The van der Waals surface area contributed by atoms with Crippen LogP contribution in [0.15, 0.2) is 72.4 Å². The molecule has 1 aliphatic heterocycles. The summed E-state index contributed by atoms with van der Waals surface area (Å²) >= 11 is 0. The molecule has 0 unspecified atom stereocenters. The molecule has 0 saturated carbocycles. The lowest BCUT2D eigenvalue weighted by atomic mass is 10.0. The van der Waals surface area contributed by atoms with E-state index in [9.17, 15) is 9.59 Å². The van der Waals surface area contributed by atoms with E-state index in [0.29, 0.717) is 28.3 Å². The quantitative estimate of drug-likeness (QED) is 0.576. The minimum Gasteiger partial charge on any atom is -0.497 e. The van der Waals surface area contributed by atoms with Crippen LogP contribution in [0.4, 0.5) is 11.4 Å². The number of amides is 2. The molecule has 4 rings (SSSR count). The molecular weight excluding hydrogens is 404 g/mol. The Labute approximate surface area is 187 Å². The van der Waals surface area contributed by atoms with Gasteiger partial charge in [0.2, 0.25) is 0 Å². The first-order valence-electron chi connectivity index (χ1n) is 10.2. The second-order valence-electron chi connectivity index (χ2n) is 7.57. The van der Waals surface area contributed by atoms with E-state index in [1.165, 1.54) is 14.2 Å². The number of hydrogen-bond acceptors (Lipinski definition) is 5. The first-order chi connectivity index (χ1) is 15.4. The molecule has 6 nitrogen and oxygen atoms in total. The predicted octanol–water partition coefficient (Wildman–Crippen LogP) is 4.72. The topological polar surface area (TPSA) is 67.9 Å². The highest BCUT2D eigenvalue weighted by Crippen LogP contribution is 2.37. The molecule has 1 N–H and O–H groups in total. The van der Waals surface area contributed by atoms with Gasteiger partial charge in [-0.2, -0.15) is 0 Å². The number of aryl methyl sites for hydroxylation is 2. The van der Waals surface area contributed by atoms with Crippen molar-refractivity contribution in [1.29, 1.82) is 0 Å². The molecule has 32 heavy (non-hydrogen) atoms. The molecule has 6 heteroatoms. The van der Waals surface area contributed by atoms with Gasteiger partial charge in [-0.15, -0.1) is 0 Å². The third-order valence-corrected chi connectivity index (χ3v) is 5.42. The fraction of sp³-hybridized carbons (Fsp3) is 0.154. The summed E-state index contributed by atoms with van der Waals surface area (Å²) in [5, 5.41) is 3.21. The second kappa shape index (κ2) is 8.59. The van der Waals surface area contributed by atoms with Crippen LogP contribution in [0.1, 0.15) is 16.7 Å². The lowest BCUT2D eigenvalue weighted by Crippen LogP contribution is -2.32. The number of imide groups is 1. The van der Waals surface area contributed by atoms with Crippen molar-refractivity contribution in [2.45, 2.75) is 13.8 Å². The number of ether oxygens (including phenoxy) is 2. The monoisotopic (exact) mass is 428 g/mol. The summed E-state index contributed by atoms with van der Waals surface area (Å²) < 4.78 is 10.7. The second-order valence-corrected chi connectivity index (χ2v) is 7.57. The molecule has 162 valence electrons. The third-order valence-electron chi connectivity index (χ3n) is 5.42. The molecule has 3 aromatic rings. The Hall–Kier alpha value is -4.06.